The molecule has 0 fully saturated rings. The van der Waals surface area contributed by atoms with Crippen LogP contribution in [0.4, 0.5) is 0 Å². The molecule has 0 bridgehead atoms. The Morgan fingerprint density at radius 2 is 2.15 bits per heavy atom. The predicted octanol–water partition coefficient (Wildman–Crippen LogP) is 0.219. The van der Waals surface area contributed by atoms with Gasteiger partial charge in [0.15, 0.2) is 0 Å². The van der Waals surface area contributed by atoms with Gasteiger partial charge in [-0.25, -0.2) is 0 Å². The first-order chi connectivity index (χ1) is 6.11. The number of methoxy groups -OCH3 is 1. The molecule has 13 heavy (non-hydrogen) atoms. The maximum absolute atomic E-state index is 10.9. The number of nitrogens with zero attached hydrogens (tertiary/aromatic N) is 1. The zero-order valence-corrected chi connectivity index (χ0v) is 8.75. The fourth-order valence-corrected chi connectivity index (χ4v) is 1.12. The molecule has 1 unspecified atom stereocenters. The van der Waals surface area contributed by atoms with Crippen molar-refractivity contribution in [2.75, 3.05) is 27.2 Å². The minimum atomic E-state index is -0.482. The molecule has 4 heteroatoms. The molecule has 0 saturated carbocycles. The first-order valence-electron chi connectivity index (χ1n) is 4.63. The van der Waals surface area contributed by atoms with E-state index < -0.39 is 6.04 Å². The molecule has 0 saturated heterocycles. The molecular formula is C9H20N2O2. The molecule has 0 aromatic rings. The Morgan fingerprint density at radius 1 is 1.54 bits per heavy atom. The van der Waals surface area contributed by atoms with Gasteiger partial charge in [0.2, 0.25) is 0 Å². The Labute approximate surface area is 80.0 Å². The van der Waals surface area contributed by atoms with Gasteiger partial charge in [0.05, 0.1) is 7.11 Å². The number of ether oxygens (including phenoxy) is 1. The van der Waals surface area contributed by atoms with E-state index in [1.165, 1.54) is 7.11 Å². The molecule has 0 radical (unpaired) electrons. The van der Waals surface area contributed by atoms with Crippen molar-refractivity contribution < 1.29 is 9.53 Å². The topological polar surface area (TPSA) is 55.6 Å². The largest absolute Gasteiger partial charge is 0.468 e. The number of rotatable bonds is 6. The summed E-state index contributed by atoms with van der Waals surface area (Å²) in [6.07, 6.45) is 1.77. The Kier molecular flexibility index (Phi) is 6.54. The van der Waals surface area contributed by atoms with E-state index >= 15 is 0 Å². The zero-order valence-electron chi connectivity index (χ0n) is 8.75. The quantitative estimate of drug-likeness (QED) is 0.606. The molecule has 0 amide bonds. The summed E-state index contributed by atoms with van der Waals surface area (Å²) in [6.45, 7) is 3.99. The number of carbonyl (C=O) groups excluding carboxylic acids is 1. The molecule has 0 aliphatic rings. The summed E-state index contributed by atoms with van der Waals surface area (Å²) in [4.78, 5) is 13.1. The highest BCUT2D eigenvalue weighted by molar-refractivity contribution is 5.75. The molecule has 1 atom stereocenters. The van der Waals surface area contributed by atoms with Crippen molar-refractivity contribution in [1.29, 1.82) is 0 Å². The fourth-order valence-electron chi connectivity index (χ4n) is 1.12. The lowest BCUT2D eigenvalue weighted by Gasteiger charge is -2.17. The molecule has 78 valence electrons. The second-order valence-corrected chi connectivity index (χ2v) is 3.22. The van der Waals surface area contributed by atoms with E-state index in [1.54, 1.807) is 0 Å². The predicted molar refractivity (Wildman–Crippen MR) is 52.4 cm³/mol. The van der Waals surface area contributed by atoms with Crippen LogP contribution in [-0.4, -0.2) is 44.2 Å². The van der Waals surface area contributed by atoms with Gasteiger partial charge in [0, 0.05) is 0 Å². The summed E-state index contributed by atoms with van der Waals surface area (Å²) in [7, 11) is 3.38. The lowest BCUT2D eigenvalue weighted by molar-refractivity contribution is -0.142. The highest BCUT2D eigenvalue weighted by atomic mass is 16.5. The number of hydrogen-bond acceptors (Lipinski definition) is 4. The average molecular weight is 188 g/mol. The minimum absolute atomic E-state index is 0.329. The third kappa shape index (κ3) is 5.60. The standard InChI is InChI=1S/C9H20N2O2/c1-4-6-11(2)7-5-8(10)9(12)13-3/h8H,4-7,10H2,1-3H3. The second kappa shape index (κ2) is 6.86. The second-order valence-electron chi connectivity index (χ2n) is 3.22. The smallest absolute Gasteiger partial charge is 0.322 e. The van der Waals surface area contributed by atoms with Gasteiger partial charge in [-0.1, -0.05) is 6.92 Å². The van der Waals surface area contributed by atoms with Crippen molar-refractivity contribution >= 4 is 5.97 Å². The number of esters is 1. The number of nitrogens with two attached hydrogens (primary N) is 1. The van der Waals surface area contributed by atoms with Crippen molar-refractivity contribution in [3.8, 4) is 0 Å². The van der Waals surface area contributed by atoms with Crippen LogP contribution in [0.1, 0.15) is 19.8 Å². The van der Waals surface area contributed by atoms with E-state index in [4.69, 9.17) is 5.73 Å². The maximum Gasteiger partial charge on any atom is 0.322 e. The van der Waals surface area contributed by atoms with Gasteiger partial charge in [-0.2, -0.15) is 0 Å². The van der Waals surface area contributed by atoms with Crippen LogP contribution in [0.5, 0.6) is 0 Å². The number of carbonyl (C=O) groups is 1. The molecule has 0 aliphatic carbocycles. The normalized spacial score (nSPS) is 13.0. The zero-order chi connectivity index (χ0) is 10.3. The fraction of sp³-hybridized carbons (Fsp3) is 0.889. The SMILES string of the molecule is CCCN(C)CCC(N)C(=O)OC. The molecule has 2 N–H and O–H groups in total. The van der Waals surface area contributed by atoms with Crippen molar-refractivity contribution in [3.63, 3.8) is 0 Å². The van der Waals surface area contributed by atoms with Gasteiger partial charge in [-0.15, -0.1) is 0 Å². The van der Waals surface area contributed by atoms with Crippen LogP contribution >= 0.6 is 0 Å². The summed E-state index contributed by atoms with van der Waals surface area (Å²) in [6, 6.07) is -0.482. The van der Waals surface area contributed by atoms with E-state index in [2.05, 4.69) is 16.6 Å². The highest BCUT2D eigenvalue weighted by Gasteiger charge is 2.13. The van der Waals surface area contributed by atoms with E-state index in [1.807, 2.05) is 7.05 Å². The molecule has 0 aromatic heterocycles. The summed E-state index contributed by atoms with van der Waals surface area (Å²) in [5.41, 5.74) is 5.57. The Bertz CT molecular complexity index is 151. The van der Waals surface area contributed by atoms with Gasteiger partial charge in [0.25, 0.3) is 0 Å². The summed E-state index contributed by atoms with van der Waals surface area (Å²) >= 11 is 0. The van der Waals surface area contributed by atoms with Gasteiger partial charge >= 0.3 is 5.97 Å². The summed E-state index contributed by atoms with van der Waals surface area (Å²) in [5.74, 6) is -0.329. The van der Waals surface area contributed by atoms with Crippen molar-refractivity contribution in [3.05, 3.63) is 0 Å². The average Bonchev–Trinajstić information content (AvgIpc) is 2.13. The maximum atomic E-state index is 10.9. The van der Waals surface area contributed by atoms with Crippen LogP contribution in [0.2, 0.25) is 0 Å². The Hall–Kier alpha value is -0.610. The van der Waals surface area contributed by atoms with Crippen molar-refractivity contribution in [2.45, 2.75) is 25.8 Å². The Balaban J connectivity index is 3.56. The molecule has 4 nitrogen and oxygen atoms in total. The minimum Gasteiger partial charge on any atom is -0.468 e. The molecule has 0 heterocycles. The molecule has 0 rings (SSSR count). The Morgan fingerprint density at radius 3 is 2.62 bits per heavy atom. The van der Waals surface area contributed by atoms with Crippen LogP contribution in [0.3, 0.4) is 0 Å². The monoisotopic (exact) mass is 188 g/mol. The van der Waals surface area contributed by atoms with Crippen LogP contribution in [0.25, 0.3) is 0 Å². The van der Waals surface area contributed by atoms with Crippen molar-refractivity contribution in [1.82, 2.24) is 4.90 Å². The molecular weight excluding hydrogens is 168 g/mol. The van der Waals surface area contributed by atoms with Gasteiger partial charge in [-0.3, -0.25) is 4.79 Å². The lowest BCUT2D eigenvalue weighted by atomic mass is 10.2. The first kappa shape index (κ1) is 12.4. The third-order valence-corrected chi connectivity index (χ3v) is 1.93. The number of hydrogen-bond donors (Lipinski definition) is 1. The van der Waals surface area contributed by atoms with Crippen molar-refractivity contribution in [2.24, 2.45) is 5.73 Å². The molecule has 0 aliphatic heterocycles. The van der Waals surface area contributed by atoms with Crippen LogP contribution in [0, 0.1) is 0 Å². The van der Waals surface area contributed by atoms with E-state index in [-0.39, 0.29) is 5.97 Å². The van der Waals surface area contributed by atoms with Crippen LogP contribution in [0.15, 0.2) is 0 Å². The van der Waals surface area contributed by atoms with Crippen LogP contribution < -0.4 is 5.73 Å². The van der Waals surface area contributed by atoms with E-state index in [0.717, 1.165) is 19.5 Å². The summed E-state index contributed by atoms with van der Waals surface area (Å²) < 4.78 is 4.52. The van der Waals surface area contributed by atoms with E-state index in [0.29, 0.717) is 6.42 Å². The lowest BCUT2D eigenvalue weighted by Crippen LogP contribution is -2.35. The van der Waals surface area contributed by atoms with Gasteiger partial charge in [-0.05, 0) is 33.0 Å². The highest BCUT2D eigenvalue weighted by Crippen LogP contribution is 1.95. The summed E-state index contributed by atoms with van der Waals surface area (Å²) in [5, 5.41) is 0. The van der Waals surface area contributed by atoms with E-state index in [9.17, 15) is 4.79 Å². The third-order valence-electron chi connectivity index (χ3n) is 1.93. The van der Waals surface area contributed by atoms with Gasteiger partial charge in [0.1, 0.15) is 6.04 Å². The van der Waals surface area contributed by atoms with Gasteiger partial charge < -0.3 is 15.4 Å². The molecule has 0 aromatic carbocycles. The first-order valence-corrected chi connectivity index (χ1v) is 4.63. The molecule has 0 spiro atoms. The van der Waals surface area contributed by atoms with Crippen LogP contribution in [-0.2, 0) is 9.53 Å².